The van der Waals surface area contributed by atoms with Gasteiger partial charge in [0.1, 0.15) is 29.5 Å². The van der Waals surface area contributed by atoms with Gasteiger partial charge in [0.25, 0.3) is 11.8 Å². The van der Waals surface area contributed by atoms with E-state index < -0.39 is 52.1 Å². The van der Waals surface area contributed by atoms with E-state index in [4.69, 9.17) is 19.2 Å². The number of methoxy groups -OCH3 is 1. The third-order valence-electron chi connectivity index (χ3n) is 14.0. The average Bonchev–Trinajstić information content (AvgIpc) is 3.99. The maximum absolute atomic E-state index is 14.7. The van der Waals surface area contributed by atoms with Gasteiger partial charge in [-0.05, 0) is 123 Å². The molecular weight excluding hydrogens is 841 g/mol. The van der Waals surface area contributed by atoms with Crippen molar-refractivity contribution in [3.63, 3.8) is 0 Å². The van der Waals surface area contributed by atoms with Crippen LogP contribution in [-0.4, -0.2) is 116 Å². The lowest BCUT2D eigenvalue weighted by molar-refractivity contribution is -0.159. The molecule has 6 atom stereocenters. The average molecular weight is 904 g/mol. The lowest BCUT2D eigenvalue weighted by Gasteiger charge is -2.38. The Hall–Kier alpha value is -5.09. The van der Waals surface area contributed by atoms with Crippen LogP contribution >= 0.6 is 0 Å². The topological polar surface area (TPSA) is 165 Å². The molecule has 1 saturated carbocycles. The highest BCUT2D eigenvalue weighted by Crippen LogP contribution is 2.46. The number of aromatic nitrogens is 2. The third-order valence-corrected chi connectivity index (χ3v) is 14.4. The number of carbonyl (C=O) groups is 4. The molecular formula is C50H63N6O8Si. The highest BCUT2D eigenvalue weighted by Gasteiger charge is 2.54. The lowest BCUT2D eigenvalue weighted by atomic mass is 9.84. The fourth-order valence-corrected chi connectivity index (χ4v) is 10.8. The zero-order chi connectivity index (χ0) is 46.6. The Morgan fingerprint density at radius 3 is 2.60 bits per heavy atom. The molecule has 3 amide bonds. The lowest BCUT2D eigenvalue weighted by Crippen LogP contribution is -2.62. The Labute approximate surface area is 385 Å². The number of aromatic hydroxyl groups is 1. The summed E-state index contributed by atoms with van der Waals surface area (Å²) in [6.45, 7) is 13.5. The van der Waals surface area contributed by atoms with E-state index in [1.54, 1.807) is 32.5 Å². The number of likely N-dealkylation sites (N-methyl/N-ethyl adjacent to an activating group) is 1. The van der Waals surface area contributed by atoms with Crippen molar-refractivity contribution in [2.45, 2.75) is 122 Å². The number of amides is 3. The quantitative estimate of drug-likeness (QED) is 0.139. The van der Waals surface area contributed by atoms with Crippen molar-refractivity contribution in [1.82, 2.24) is 30.2 Å². The minimum Gasteiger partial charge on any atom is -0.508 e. The van der Waals surface area contributed by atoms with E-state index in [-0.39, 0.29) is 30.6 Å². The molecule has 1 aliphatic carbocycles. The summed E-state index contributed by atoms with van der Waals surface area (Å²) in [5.41, 5.74) is 8.47. The second kappa shape index (κ2) is 17.9. The number of ether oxygens (including phenoxy) is 3. The van der Waals surface area contributed by atoms with Gasteiger partial charge in [-0.3, -0.25) is 29.2 Å². The first-order chi connectivity index (χ1) is 30.8. The van der Waals surface area contributed by atoms with Crippen LogP contribution < -0.4 is 10.7 Å². The number of cyclic esters (lactones) is 1. The molecule has 2 aromatic heterocycles. The molecule has 4 aromatic rings. The highest BCUT2D eigenvalue weighted by molar-refractivity contribution is 6.15. The van der Waals surface area contributed by atoms with E-state index in [9.17, 15) is 24.3 Å². The molecule has 345 valence electrons. The largest absolute Gasteiger partial charge is 0.508 e. The molecule has 8 bridgehead atoms. The van der Waals surface area contributed by atoms with E-state index in [2.05, 4.69) is 64.5 Å². The van der Waals surface area contributed by atoms with Crippen molar-refractivity contribution in [3.05, 3.63) is 71.5 Å². The Bertz CT molecular complexity index is 2490. The first-order valence-corrected chi connectivity index (χ1v) is 23.6. The molecule has 65 heavy (non-hydrogen) atoms. The normalized spacial score (nSPS) is 24.6. The number of phenols is 1. The van der Waals surface area contributed by atoms with Gasteiger partial charge < -0.3 is 34.1 Å². The van der Waals surface area contributed by atoms with Crippen molar-refractivity contribution < 1.29 is 38.5 Å². The molecule has 2 aromatic carbocycles. The first-order valence-electron chi connectivity index (χ1n) is 23.1. The molecule has 15 heteroatoms. The fraction of sp³-hybridized carbons (Fsp3) is 0.540. The standard InChI is InChI=1S/C50H63N6O8Si/c1-9-55-40-15-14-32-24-36(40)37(42(55)35-12-10-18-51-43(35)49(6,65)62-8)26-48(4,5)28-63-46(60)38-13-11-19-56(53-38)45(59)39(22-31-20-33(32)23-34(57)21-31)52-44(58)41(29(2)3)54(7)47(61)50-17-16-30(25-50)27-64-50/h10,12,14-15,18,20-21,23-24,29-30,38-39,41,53,57H,9,11,13,16-17,19,22,25-28H2,1-8H3,(H,52,58)/t30?,38-,39-,41-,49+,50?/m0/s1. The number of hydrogen-bond acceptors (Lipinski definition) is 10. The number of esters is 1. The summed E-state index contributed by atoms with van der Waals surface area (Å²) in [5.74, 6) is -1.57. The molecule has 3 aliphatic heterocycles. The van der Waals surface area contributed by atoms with Gasteiger partial charge >= 0.3 is 5.97 Å². The fourth-order valence-electron chi connectivity index (χ4n) is 10.6. The molecule has 0 spiro atoms. The maximum Gasteiger partial charge on any atom is 0.324 e. The number of aryl methyl sites for hydroxylation is 1. The zero-order valence-electron chi connectivity index (χ0n) is 39.0. The smallest absolute Gasteiger partial charge is 0.324 e. The third kappa shape index (κ3) is 8.96. The summed E-state index contributed by atoms with van der Waals surface area (Å²) >= 11 is 0. The second-order valence-corrected chi connectivity index (χ2v) is 20.8. The summed E-state index contributed by atoms with van der Waals surface area (Å²) in [6.07, 6.45) is 5.45. The first kappa shape index (κ1) is 46.4. The molecule has 3 radical (unpaired) electrons. The highest BCUT2D eigenvalue weighted by atomic mass is 28.1. The number of phenolic OH excluding ortho intramolecular Hbond substituents is 1. The van der Waals surface area contributed by atoms with Crippen LogP contribution in [0.4, 0.5) is 0 Å². The van der Waals surface area contributed by atoms with Crippen LogP contribution in [0, 0.1) is 17.3 Å². The van der Waals surface area contributed by atoms with Crippen molar-refractivity contribution in [1.29, 1.82) is 0 Å². The van der Waals surface area contributed by atoms with Crippen LogP contribution in [0.1, 0.15) is 90.5 Å². The number of hydrogen-bond donors (Lipinski definition) is 3. The van der Waals surface area contributed by atoms with Gasteiger partial charge in [-0.15, -0.1) is 0 Å². The number of nitrogens with one attached hydrogen (secondary N) is 2. The Balaban J connectivity index is 1.23. The van der Waals surface area contributed by atoms with Crippen LogP contribution in [0.5, 0.6) is 5.75 Å². The van der Waals surface area contributed by atoms with E-state index in [0.717, 1.165) is 45.3 Å². The van der Waals surface area contributed by atoms with Gasteiger partial charge in [0.15, 0.2) is 0 Å². The monoisotopic (exact) mass is 903 g/mol. The Kier molecular flexibility index (Phi) is 12.8. The van der Waals surface area contributed by atoms with Crippen molar-refractivity contribution >= 4 is 44.8 Å². The molecule has 2 unspecified atom stereocenters. The number of benzene rings is 2. The Morgan fingerprint density at radius 2 is 1.92 bits per heavy atom. The predicted molar refractivity (Wildman–Crippen MR) is 247 cm³/mol. The number of hydrazine groups is 1. The minimum absolute atomic E-state index is 0.00338. The van der Waals surface area contributed by atoms with Gasteiger partial charge in [-0.25, -0.2) is 5.43 Å². The van der Waals surface area contributed by atoms with Crippen molar-refractivity contribution in [2.24, 2.45) is 17.3 Å². The minimum atomic E-state index is -1.13. The van der Waals surface area contributed by atoms with Crippen LogP contribution in [0.2, 0.25) is 0 Å². The van der Waals surface area contributed by atoms with Crippen molar-refractivity contribution in [3.8, 4) is 28.1 Å². The van der Waals surface area contributed by atoms with Gasteiger partial charge in [0, 0.05) is 61.7 Å². The van der Waals surface area contributed by atoms with Gasteiger partial charge in [0.2, 0.25) is 5.91 Å². The summed E-state index contributed by atoms with van der Waals surface area (Å²) < 4.78 is 20.4. The Morgan fingerprint density at radius 1 is 1.14 bits per heavy atom. The van der Waals surface area contributed by atoms with Crippen molar-refractivity contribution in [2.75, 3.05) is 33.9 Å². The number of rotatable bonds is 9. The summed E-state index contributed by atoms with van der Waals surface area (Å²) in [4.78, 5) is 63.6. The van der Waals surface area contributed by atoms with E-state index in [0.29, 0.717) is 69.0 Å². The second-order valence-electron chi connectivity index (χ2n) is 19.9. The molecule has 5 heterocycles. The van der Waals surface area contributed by atoms with E-state index in [1.165, 1.54) is 9.91 Å². The number of nitrogens with zero attached hydrogens (tertiary/aromatic N) is 4. The predicted octanol–water partition coefficient (Wildman–Crippen LogP) is 5.78. The van der Waals surface area contributed by atoms with E-state index in [1.807, 2.05) is 39.0 Å². The summed E-state index contributed by atoms with van der Waals surface area (Å²) in [5, 5.41) is 15.9. The molecule has 8 rings (SSSR count). The van der Waals surface area contributed by atoms with Crippen LogP contribution in [0.3, 0.4) is 0 Å². The van der Waals surface area contributed by atoms with Gasteiger partial charge in [-0.1, -0.05) is 39.8 Å². The molecule has 3 fully saturated rings. The molecule has 2 saturated heterocycles. The molecule has 3 N–H and O–H groups in total. The molecule has 14 nitrogen and oxygen atoms in total. The van der Waals surface area contributed by atoms with E-state index >= 15 is 0 Å². The zero-order valence-corrected chi connectivity index (χ0v) is 40.0. The number of carbonyl (C=O) groups excluding carboxylic acids is 4. The van der Waals surface area contributed by atoms with Crippen LogP contribution in [0.15, 0.2) is 54.7 Å². The summed E-state index contributed by atoms with van der Waals surface area (Å²) in [7, 11) is 7.12. The van der Waals surface area contributed by atoms with Crippen LogP contribution in [0.25, 0.3) is 33.3 Å². The molecule has 4 aliphatic rings. The van der Waals surface area contributed by atoms with Crippen LogP contribution in [-0.2, 0) is 58.0 Å². The summed E-state index contributed by atoms with van der Waals surface area (Å²) in [6, 6.07) is 12.7. The maximum atomic E-state index is 14.7. The van der Waals surface area contributed by atoms with Gasteiger partial charge in [-0.2, -0.15) is 0 Å². The number of fused-ring (bicyclic) bond motifs is 8. The SMILES string of the molecule is CCn1c(-c2cccnc2[C@@](C)([Si])OC)c2c3cc(ccc31)-c1cc(O)cc(c1)C[C@H](NC(=O)[C@H](C(C)C)N(C)C(=O)C13CCC(CO1)C3)C(=O)N1CCC[C@H](N1)C(=O)OCC(C)(C)C2. The number of pyridine rings is 1. The van der Waals surface area contributed by atoms with Gasteiger partial charge in [0.05, 0.1) is 40.1 Å².